The molecule has 92 valence electrons. The van der Waals surface area contributed by atoms with Crippen LogP contribution in [0.5, 0.6) is 0 Å². The molecule has 2 rings (SSSR count). The van der Waals surface area contributed by atoms with Crippen LogP contribution in [0.4, 0.5) is 11.4 Å². The van der Waals surface area contributed by atoms with Crippen molar-refractivity contribution in [2.75, 3.05) is 5.32 Å². The number of hydrogen-bond donors (Lipinski definition) is 2. The highest BCUT2D eigenvalue weighted by Gasteiger charge is 2.08. The van der Waals surface area contributed by atoms with Crippen LogP contribution in [0.25, 0.3) is 0 Å². The van der Waals surface area contributed by atoms with Crippen molar-refractivity contribution in [3.05, 3.63) is 58.1 Å². The molecule has 0 aliphatic rings. The highest BCUT2D eigenvalue weighted by Crippen LogP contribution is 2.29. The molecule has 18 heavy (non-hydrogen) atoms. The Morgan fingerprint density at radius 1 is 1.06 bits per heavy atom. The third kappa shape index (κ3) is 2.75. The maximum absolute atomic E-state index is 11.3. The minimum absolute atomic E-state index is 0.406. The van der Waals surface area contributed by atoms with Gasteiger partial charge in [0, 0.05) is 5.02 Å². The first-order valence-corrected chi connectivity index (χ1v) is 5.94. The van der Waals surface area contributed by atoms with Crippen molar-refractivity contribution in [1.29, 1.82) is 0 Å². The third-order valence-corrected chi connectivity index (χ3v) is 2.94. The highest BCUT2D eigenvalue weighted by molar-refractivity contribution is 6.36. The molecule has 0 atom stereocenters. The van der Waals surface area contributed by atoms with E-state index in [1.807, 2.05) is 0 Å². The summed E-state index contributed by atoms with van der Waals surface area (Å²) in [6.07, 6.45) is 0. The Hall–Kier alpha value is -1.71. The summed E-state index contributed by atoms with van der Waals surface area (Å²) in [5, 5.41) is 4.08. The maximum atomic E-state index is 11.3. The van der Waals surface area contributed by atoms with Crippen molar-refractivity contribution in [2.24, 2.45) is 5.73 Å². The summed E-state index contributed by atoms with van der Waals surface area (Å²) in [6, 6.07) is 12.0. The SMILES string of the molecule is NC(=O)c1ccccc1Nc1ccc(Cl)cc1Cl. The summed E-state index contributed by atoms with van der Waals surface area (Å²) < 4.78 is 0. The second-order valence-corrected chi connectivity index (χ2v) is 4.50. The van der Waals surface area contributed by atoms with Crippen LogP contribution in [-0.2, 0) is 0 Å². The maximum Gasteiger partial charge on any atom is 0.250 e. The molecule has 2 aromatic rings. The van der Waals surface area contributed by atoms with Crippen molar-refractivity contribution >= 4 is 40.5 Å². The smallest absolute Gasteiger partial charge is 0.250 e. The standard InChI is InChI=1S/C13H10Cl2N2O/c14-8-5-6-12(10(15)7-8)17-11-4-2-1-3-9(11)13(16)18/h1-7,17H,(H2,16,18). The lowest BCUT2D eigenvalue weighted by atomic mass is 10.1. The van der Waals surface area contributed by atoms with Gasteiger partial charge < -0.3 is 11.1 Å². The van der Waals surface area contributed by atoms with Gasteiger partial charge in [-0.15, -0.1) is 0 Å². The summed E-state index contributed by atoms with van der Waals surface area (Å²) in [7, 11) is 0. The molecule has 5 heteroatoms. The quantitative estimate of drug-likeness (QED) is 0.898. The number of anilines is 2. The molecule has 0 radical (unpaired) electrons. The molecule has 0 bridgehead atoms. The van der Waals surface area contributed by atoms with E-state index in [0.717, 1.165) is 0 Å². The monoisotopic (exact) mass is 280 g/mol. The fraction of sp³-hybridized carbons (Fsp3) is 0. The zero-order chi connectivity index (χ0) is 13.1. The topological polar surface area (TPSA) is 55.1 Å². The molecule has 0 saturated heterocycles. The zero-order valence-corrected chi connectivity index (χ0v) is 10.8. The van der Waals surface area contributed by atoms with E-state index in [1.165, 1.54) is 0 Å². The van der Waals surface area contributed by atoms with Crippen LogP contribution in [-0.4, -0.2) is 5.91 Å². The van der Waals surface area contributed by atoms with E-state index in [9.17, 15) is 4.79 Å². The Bertz CT molecular complexity index is 599. The first kappa shape index (κ1) is 12.7. The molecular formula is C13H10Cl2N2O. The van der Waals surface area contributed by atoms with Crippen molar-refractivity contribution in [3.8, 4) is 0 Å². The molecule has 3 N–H and O–H groups in total. The number of benzene rings is 2. The largest absolute Gasteiger partial charge is 0.366 e. The Labute approximate surface area is 115 Å². The van der Waals surface area contributed by atoms with Gasteiger partial charge in [-0.05, 0) is 30.3 Å². The van der Waals surface area contributed by atoms with Gasteiger partial charge >= 0.3 is 0 Å². The molecule has 0 aliphatic carbocycles. The van der Waals surface area contributed by atoms with E-state index in [4.69, 9.17) is 28.9 Å². The molecule has 0 heterocycles. The van der Waals surface area contributed by atoms with Crippen LogP contribution in [0, 0.1) is 0 Å². The molecule has 0 spiro atoms. The van der Waals surface area contributed by atoms with E-state index in [0.29, 0.717) is 27.0 Å². The van der Waals surface area contributed by atoms with E-state index in [-0.39, 0.29) is 0 Å². The Morgan fingerprint density at radius 2 is 1.78 bits per heavy atom. The predicted molar refractivity (Wildman–Crippen MR) is 74.7 cm³/mol. The van der Waals surface area contributed by atoms with Gasteiger partial charge in [0.25, 0.3) is 5.91 Å². The zero-order valence-electron chi connectivity index (χ0n) is 9.28. The summed E-state index contributed by atoms with van der Waals surface area (Å²) in [4.78, 5) is 11.3. The predicted octanol–water partition coefficient (Wildman–Crippen LogP) is 3.84. The number of carbonyl (C=O) groups excluding carboxylic acids is 1. The molecule has 1 amide bonds. The fourth-order valence-corrected chi connectivity index (χ4v) is 2.00. The second kappa shape index (κ2) is 5.29. The van der Waals surface area contributed by atoms with Gasteiger partial charge in [0.2, 0.25) is 0 Å². The van der Waals surface area contributed by atoms with Crippen molar-refractivity contribution in [3.63, 3.8) is 0 Å². The molecule has 2 aromatic carbocycles. The van der Waals surface area contributed by atoms with Crippen LogP contribution >= 0.6 is 23.2 Å². The average Bonchev–Trinajstić information content (AvgIpc) is 2.33. The lowest BCUT2D eigenvalue weighted by molar-refractivity contribution is 0.100. The van der Waals surface area contributed by atoms with E-state index in [1.54, 1.807) is 42.5 Å². The Balaban J connectivity index is 2.37. The minimum atomic E-state index is -0.497. The number of nitrogens with one attached hydrogen (secondary N) is 1. The molecule has 0 aliphatic heterocycles. The minimum Gasteiger partial charge on any atom is -0.366 e. The lowest BCUT2D eigenvalue weighted by Gasteiger charge is -2.11. The third-order valence-electron chi connectivity index (χ3n) is 2.39. The van der Waals surface area contributed by atoms with Gasteiger partial charge in [0.1, 0.15) is 0 Å². The summed E-state index contributed by atoms with van der Waals surface area (Å²) in [5.74, 6) is -0.497. The summed E-state index contributed by atoms with van der Waals surface area (Å²) in [5.41, 5.74) is 6.97. The van der Waals surface area contributed by atoms with Crippen molar-refractivity contribution < 1.29 is 4.79 Å². The molecular weight excluding hydrogens is 271 g/mol. The fourth-order valence-electron chi connectivity index (χ4n) is 1.54. The van der Waals surface area contributed by atoms with Crippen molar-refractivity contribution in [1.82, 2.24) is 0 Å². The lowest BCUT2D eigenvalue weighted by Crippen LogP contribution is -2.13. The molecule has 0 unspecified atom stereocenters. The number of rotatable bonds is 3. The number of para-hydroxylation sites is 1. The average molecular weight is 281 g/mol. The van der Waals surface area contributed by atoms with Crippen molar-refractivity contribution in [2.45, 2.75) is 0 Å². The van der Waals surface area contributed by atoms with Crippen LogP contribution < -0.4 is 11.1 Å². The molecule has 0 saturated carbocycles. The van der Waals surface area contributed by atoms with Crippen LogP contribution in [0.15, 0.2) is 42.5 Å². The van der Waals surface area contributed by atoms with Gasteiger partial charge in [0.15, 0.2) is 0 Å². The highest BCUT2D eigenvalue weighted by atomic mass is 35.5. The first-order valence-electron chi connectivity index (χ1n) is 5.19. The van der Waals surface area contributed by atoms with Gasteiger partial charge in [-0.1, -0.05) is 35.3 Å². The van der Waals surface area contributed by atoms with Gasteiger partial charge in [-0.3, -0.25) is 4.79 Å². The molecule has 0 aromatic heterocycles. The molecule has 0 fully saturated rings. The number of carbonyl (C=O) groups is 1. The first-order chi connectivity index (χ1) is 8.58. The normalized spacial score (nSPS) is 10.1. The van der Waals surface area contributed by atoms with Gasteiger partial charge in [-0.25, -0.2) is 0 Å². The number of halogens is 2. The van der Waals surface area contributed by atoms with Crippen LogP contribution in [0.2, 0.25) is 10.0 Å². The Kier molecular flexibility index (Phi) is 3.75. The van der Waals surface area contributed by atoms with E-state index < -0.39 is 5.91 Å². The summed E-state index contributed by atoms with van der Waals surface area (Å²) in [6.45, 7) is 0. The van der Waals surface area contributed by atoms with Gasteiger partial charge in [0.05, 0.1) is 22.0 Å². The van der Waals surface area contributed by atoms with Crippen LogP contribution in [0.3, 0.4) is 0 Å². The number of primary amides is 1. The van der Waals surface area contributed by atoms with E-state index in [2.05, 4.69) is 5.32 Å². The Morgan fingerprint density at radius 3 is 2.44 bits per heavy atom. The van der Waals surface area contributed by atoms with E-state index >= 15 is 0 Å². The number of nitrogens with two attached hydrogens (primary N) is 1. The van der Waals surface area contributed by atoms with Crippen LogP contribution in [0.1, 0.15) is 10.4 Å². The van der Waals surface area contributed by atoms with Gasteiger partial charge in [-0.2, -0.15) is 0 Å². The molecule has 3 nitrogen and oxygen atoms in total. The number of hydrogen-bond acceptors (Lipinski definition) is 2. The summed E-state index contributed by atoms with van der Waals surface area (Å²) >= 11 is 11.9. The number of amides is 1. The second-order valence-electron chi connectivity index (χ2n) is 3.66.